The van der Waals surface area contributed by atoms with Crippen LogP contribution in [0.15, 0.2) is 76.3 Å². The fourth-order valence-electron chi connectivity index (χ4n) is 3.80. The van der Waals surface area contributed by atoms with Gasteiger partial charge in [-0.1, -0.05) is 51.3 Å². The fourth-order valence-corrected chi connectivity index (χ4v) is 4.38. The Morgan fingerprint density at radius 2 is 1.70 bits per heavy atom. The first-order valence-corrected chi connectivity index (χ1v) is 10.9. The van der Waals surface area contributed by atoms with Crippen LogP contribution < -0.4 is 4.74 Å². The van der Waals surface area contributed by atoms with E-state index in [2.05, 4.69) is 15.9 Å². The van der Waals surface area contributed by atoms with E-state index in [-0.39, 0.29) is 11.8 Å². The fraction of sp³-hybridized carbons (Fsp3) is 0.130. The average Bonchev–Trinajstić information content (AvgIpc) is 3.19. The third-order valence-electron chi connectivity index (χ3n) is 5.28. The van der Waals surface area contributed by atoms with E-state index in [9.17, 15) is 4.79 Å². The van der Waals surface area contributed by atoms with Gasteiger partial charge in [-0.3, -0.25) is 4.79 Å². The number of hydrogen-bond acceptors (Lipinski definition) is 4. The number of carbonyl (C=O) groups excluding carboxylic acids is 1. The number of ketones is 1. The zero-order valence-electron chi connectivity index (χ0n) is 15.6. The molecule has 0 N–H and O–H groups in total. The van der Waals surface area contributed by atoms with E-state index < -0.39 is 6.23 Å². The Bertz CT molecular complexity index is 1160. The van der Waals surface area contributed by atoms with Gasteiger partial charge in [-0.05, 0) is 60.2 Å². The molecule has 150 valence electrons. The molecule has 0 amide bonds. The Balaban J connectivity index is 1.57. The minimum Gasteiger partial charge on any atom is -0.461 e. The molecular formula is C23H15BrCl2N2O2. The van der Waals surface area contributed by atoms with E-state index in [0.29, 0.717) is 27.8 Å². The molecule has 2 atom stereocenters. The summed E-state index contributed by atoms with van der Waals surface area (Å²) in [5.41, 5.74) is 3.36. The second-order valence-electron chi connectivity index (χ2n) is 7.18. The number of nitrogens with zero attached hydrogens (tertiary/aromatic N) is 2. The number of benzene rings is 3. The molecule has 2 aliphatic heterocycles. The smallest absolute Gasteiger partial charge is 0.251 e. The van der Waals surface area contributed by atoms with Gasteiger partial charge in [0, 0.05) is 32.1 Å². The van der Waals surface area contributed by atoms with Crippen LogP contribution in [0.3, 0.4) is 0 Å². The molecular weight excluding hydrogens is 487 g/mol. The van der Waals surface area contributed by atoms with E-state index in [1.165, 1.54) is 0 Å². The predicted molar refractivity (Wildman–Crippen MR) is 122 cm³/mol. The van der Waals surface area contributed by atoms with Crippen LogP contribution >= 0.6 is 39.1 Å². The molecule has 7 heteroatoms. The zero-order valence-corrected chi connectivity index (χ0v) is 18.7. The molecule has 0 bridgehead atoms. The van der Waals surface area contributed by atoms with Crippen molar-refractivity contribution in [1.29, 1.82) is 0 Å². The van der Waals surface area contributed by atoms with Crippen LogP contribution in [0.2, 0.25) is 10.0 Å². The SMILES string of the molecule is O=C(c1ccc(Cl)cc1)[C@H]1Oc2ccc(Cl)cc2[C@@H]2CC(c3ccc(Br)cc3)=NN12. The largest absolute Gasteiger partial charge is 0.461 e. The van der Waals surface area contributed by atoms with Crippen LogP contribution in [0.1, 0.15) is 33.9 Å². The molecule has 5 rings (SSSR count). The van der Waals surface area contributed by atoms with Crippen LogP contribution in [-0.2, 0) is 0 Å². The van der Waals surface area contributed by atoms with Crippen molar-refractivity contribution in [3.05, 3.63) is 97.9 Å². The van der Waals surface area contributed by atoms with Gasteiger partial charge in [0.1, 0.15) is 5.75 Å². The number of Topliss-reactive ketones (excluding diaryl/α,β-unsaturated/α-hetero) is 1. The Hall–Kier alpha value is -2.34. The maximum absolute atomic E-state index is 13.3. The number of halogens is 3. The first kappa shape index (κ1) is 19.6. The molecule has 30 heavy (non-hydrogen) atoms. The maximum atomic E-state index is 13.3. The first-order chi connectivity index (χ1) is 14.5. The van der Waals surface area contributed by atoms with Crippen LogP contribution in [-0.4, -0.2) is 22.7 Å². The monoisotopic (exact) mass is 500 g/mol. The molecule has 0 saturated heterocycles. The normalized spacial score (nSPS) is 19.6. The highest BCUT2D eigenvalue weighted by molar-refractivity contribution is 9.10. The van der Waals surface area contributed by atoms with E-state index >= 15 is 0 Å². The molecule has 2 heterocycles. The molecule has 0 fully saturated rings. The van der Waals surface area contributed by atoms with Gasteiger partial charge >= 0.3 is 0 Å². The number of carbonyl (C=O) groups is 1. The summed E-state index contributed by atoms with van der Waals surface area (Å²) in [5, 5.41) is 7.76. The van der Waals surface area contributed by atoms with Crippen molar-refractivity contribution in [2.45, 2.75) is 18.7 Å². The predicted octanol–water partition coefficient (Wildman–Crippen LogP) is 6.51. The van der Waals surface area contributed by atoms with Gasteiger partial charge in [0.15, 0.2) is 0 Å². The van der Waals surface area contributed by atoms with Gasteiger partial charge in [-0.15, -0.1) is 0 Å². The van der Waals surface area contributed by atoms with E-state index in [0.717, 1.165) is 21.3 Å². The molecule has 3 aromatic carbocycles. The van der Waals surface area contributed by atoms with Gasteiger partial charge in [0.25, 0.3) is 6.23 Å². The minimum absolute atomic E-state index is 0.132. The lowest BCUT2D eigenvalue weighted by molar-refractivity contribution is -0.00455. The Morgan fingerprint density at radius 3 is 2.43 bits per heavy atom. The first-order valence-electron chi connectivity index (χ1n) is 9.37. The highest BCUT2D eigenvalue weighted by atomic mass is 79.9. The van der Waals surface area contributed by atoms with Gasteiger partial charge in [-0.2, -0.15) is 5.10 Å². The van der Waals surface area contributed by atoms with Crippen LogP contribution in [0.4, 0.5) is 0 Å². The summed E-state index contributed by atoms with van der Waals surface area (Å²) in [6.07, 6.45) is -0.208. The van der Waals surface area contributed by atoms with Crippen molar-refractivity contribution in [2.75, 3.05) is 0 Å². The Morgan fingerprint density at radius 1 is 1.00 bits per heavy atom. The number of hydrogen-bond donors (Lipinski definition) is 0. The summed E-state index contributed by atoms with van der Waals surface area (Å²) in [7, 11) is 0. The van der Waals surface area contributed by atoms with Crippen LogP contribution in [0, 0.1) is 0 Å². The van der Waals surface area contributed by atoms with Crippen LogP contribution in [0.5, 0.6) is 5.75 Å². The molecule has 0 spiro atoms. The van der Waals surface area contributed by atoms with Crippen molar-refractivity contribution in [3.63, 3.8) is 0 Å². The number of ether oxygens (including phenoxy) is 1. The lowest BCUT2D eigenvalue weighted by atomic mass is 9.96. The molecule has 0 saturated carbocycles. The maximum Gasteiger partial charge on any atom is 0.251 e. The van der Waals surface area contributed by atoms with Crippen molar-refractivity contribution in [3.8, 4) is 5.75 Å². The van der Waals surface area contributed by atoms with E-state index in [4.69, 9.17) is 33.0 Å². The third kappa shape index (κ3) is 3.51. The molecule has 0 radical (unpaired) electrons. The summed E-state index contributed by atoms with van der Waals surface area (Å²) >= 11 is 15.7. The molecule has 3 aromatic rings. The van der Waals surface area contributed by atoms with E-state index in [1.54, 1.807) is 35.3 Å². The topological polar surface area (TPSA) is 41.9 Å². The molecule has 0 unspecified atom stereocenters. The standard InChI is InChI=1S/C23H15BrCl2N2O2/c24-15-5-1-13(2-6-15)19-12-20-18-11-17(26)9-10-21(18)30-23(28(20)27-19)22(29)14-3-7-16(25)8-4-14/h1-11,20,23H,12H2/t20-,23+/m0/s1. The molecule has 4 nitrogen and oxygen atoms in total. The van der Waals surface area contributed by atoms with Crippen molar-refractivity contribution in [2.24, 2.45) is 5.10 Å². The summed E-state index contributed by atoms with van der Waals surface area (Å²) in [6.45, 7) is 0. The number of fused-ring (bicyclic) bond motifs is 3. The summed E-state index contributed by atoms with van der Waals surface area (Å²) in [6, 6.07) is 20.1. The Labute approximate surface area is 192 Å². The average molecular weight is 502 g/mol. The molecule has 0 aromatic heterocycles. The summed E-state index contributed by atoms with van der Waals surface area (Å²) in [4.78, 5) is 13.3. The van der Waals surface area contributed by atoms with Gasteiger partial charge in [-0.25, -0.2) is 5.01 Å². The van der Waals surface area contributed by atoms with Crippen molar-refractivity contribution in [1.82, 2.24) is 5.01 Å². The lowest BCUT2D eigenvalue weighted by Gasteiger charge is -2.37. The summed E-state index contributed by atoms with van der Waals surface area (Å²) in [5.74, 6) is 0.485. The van der Waals surface area contributed by atoms with Crippen molar-refractivity contribution < 1.29 is 9.53 Å². The molecule has 2 aliphatic rings. The Kier molecular flexibility index (Phi) is 5.05. The van der Waals surface area contributed by atoms with E-state index in [1.807, 2.05) is 36.4 Å². The van der Waals surface area contributed by atoms with Crippen LogP contribution in [0.25, 0.3) is 0 Å². The van der Waals surface area contributed by atoms with Gasteiger partial charge in [0.05, 0.1) is 11.8 Å². The lowest BCUT2D eigenvalue weighted by Crippen LogP contribution is -2.45. The summed E-state index contributed by atoms with van der Waals surface area (Å²) < 4.78 is 7.12. The highest BCUT2D eigenvalue weighted by Crippen LogP contribution is 2.44. The number of rotatable bonds is 3. The minimum atomic E-state index is -0.863. The van der Waals surface area contributed by atoms with Gasteiger partial charge in [0.2, 0.25) is 5.78 Å². The number of hydrazone groups is 1. The van der Waals surface area contributed by atoms with Crippen molar-refractivity contribution >= 4 is 50.6 Å². The second kappa shape index (κ2) is 7.73. The molecule has 0 aliphatic carbocycles. The second-order valence-corrected chi connectivity index (χ2v) is 8.97. The quantitative estimate of drug-likeness (QED) is 0.384. The third-order valence-corrected chi connectivity index (χ3v) is 6.30. The van der Waals surface area contributed by atoms with Gasteiger partial charge < -0.3 is 4.74 Å². The highest BCUT2D eigenvalue weighted by Gasteiger charge is 2.43. The zero-order chi connectivity index (χ0) is 20.8.